The van der Waals surface area contributed by atoms with Crippen LogP contribution >= 0.6 is 0 Å². The monoisotopic (exact) mass is 367 g/mol. The van der Waals surface area contributed by atoms with Gasteiger partial charge in [-0.3, -0.25) is 4.79 Å². The van der Waals surface area contributed by atoms with E-state index in [1.807, 2.05) is 18.2 Å². The first-order valence-electron chi connectivity index (χ1n) is 8.50. The van der Waals surface area contributed by atoms with Crippen LogP contribution in [0.5, 0.6) is 11.5 Å². The highest BCUT2D eigenvalue weighted by molar-refractivity contribution is 5.97. The Labute approximate surface area is 157 Å². The van der Waals surface area contributed by atoms with E-state index in [9.17, 15) is 14.7 Å². The van der Waals surface area contributed by atoms with Gasteiger partial charge in [-0.25, -0.2) is 4.79 Å². The number of carbonyl (C=O) groups excluding carboxylic acids is 2. The fourth-order valence-electron chi connectivity index (χ4n) is 2.94. The summed E-state index contributed by atoms with van der Waals surface area (Å²) in [5, 5.41) is 12.2. The molecule has 140 valence electrons. The molecule has 0 atom stereocenters. The van der Waals surface area contributed by atoms with Gasteiger partial charge in [-0.2, -0.15) is 0 Å². The molecule has 2 aromatic rings. The molecule has 0 unspecified atom stereocenters. The van der Waals surface area contributed by atoms with Gasteiger partial charge in [0.05, 0.1) is 12.8 Å². The number of anilines is 1. The molecule has 1 heterocycles. The fourth-order valence-corrected chi connectivity index (χ4v) is 2.94. The highest BCUT2D eigenvalue weighted by atomic mass is 16.5. The minimum atomic E-state index is -0.576. The number of aromatic hydroxyl groups is 1. The smallest absolute Gasteiger partial charge is 0.322 e. The predicted octanol–water partition coefficient (Wildman–Crippen LogP) is 2.82. The number of hydrogen-bond donors (Lipinski definition) is 3. The number of ether oxygens (including phenoxy) is 1. The molecule has 3 amide bonds. The standard InChI is InChI=1S/C20H21N3O4/c1-27-18-7-4-15(19(21)25)12-17(18)22-20(26)23-10-8-14(9-11-23)13-2-5-16(24)6-3-13/h2-8,12,24H,9-11H2,1H3,(H2,21,25)(H,22,26). The van der Waals surface area contributed by atoms with Crippen LogP contribution in [0.1, 0.15) is 22.3 Å². The van der Waals surface area contributed by atoms with Gasteiger partial charge in [0.25, 0.3) is 0 Å². The molecule has 0 saturated heterocycles. The Bertz CT molecular complexity index is 891. The third kappa shape index (κ3) is 4.20. The molecular weight excluding hydrogens is 346 g/mol. The second-order valence-electron chi connectivity index (χ2n) is 6.18. The first-order chi connectivity index (χ1) is 13.0. The number of phenolic OH excluding ortho intramolecular Hbond substituents is 1. The Morgan fingerprint density at radius 1 is 1.19 bits per heavy atom. The van der Waals surface area contributed by atoms with Crippen LogP contribution in [0.15, 0.2) is 48.5 Å². The summed E-state index contributed by atoms with van der Waals surface area (Å²) < 4.78 is 5.24. The molecule has 1 aliphatic rings. The van der Waals surface area contributed by atoms with Gasteiger partial charge in [-0.1, -0.05) is 18.2 Å². The number of benzene rings is 2. The zero-order valence-corrected chi connectivity index (χ0v) is 14.9. The summed E-state index contributed by atoms with van der Waals surface area (Å²) in [7, 11) is 1.49. The number of nitrogens with zero attached hydrogens (tertiary/aromatic N) is 1. The van der Waals surface area contributed by atoms with Crippen molar-refractivity contribution in [3.8, 4) is 11.5 Å². The largest absolute Gasteiger partial charge is 0.508 e. The van der Waals surface area contributed by atoms with Crippen LogP contribution in [-0.2, 0) is 0 Å². The van der Waals surface area contributed by atoms with Gasteiger partial charge in [-0.05, 0) is 47.9 Å². The van der Waals surface area contributed by atoms with Gasteiger partial charge < -0.3 is 25.8 Å². The van der Waals surface area contributed by atoms with Gasteiger partial charge in [0.1, 0.15) is 11.5 Å². The molecule has 0 spiro atoms. The van der Waals surface area contributed by atoms with E-state index in [4.69, 9.17) is 10.5 Å². The molecule has 0 fully saturated rings. The zero-order valence-electron chi connectivity index (χ0n) is 14.9. The molecule has 0 saturated carbocycles. The number of rotatable bonds is 4. The van der Waals surface area contributed by atoms with Crippen LogP contribution in [0.4, 0.5) is 10.5 Å². The van der Waals surface area contributed by atoms with E-state index in [0.29, 0.717) is 36.5 Å². The van der Waals surface area contributed by atoms with Gasteiger partial charge in [0.15, 0.2) is 0 Å². The van der Waals surface area contributed by atoms with Gasteiger partial charge in [0, 0.05) is 18.7 Å². The van der Waals surface area contributed by atoms with E-state index in [1.165, 1.54) is 13.2 Å². The number of primary amides is 1. The normalized spacial score (nSPS) is 13.7. The van der Waals surface area contributed by atoms with Gasteiger partial charge in [-0.15, -0.1) is 0 Å². The molecule has 0 bridgehead atoms. The first-order valence-corrected chi connectivity index (χ1v) is 8.50. The fraction of sp³-hybridized carbons (Fsp3) is 0.200. The molecule has 3 rings (SSSR count). The van der Waals surface area contributed by atoms with Crippen molar-refractivity contribution in [2.75, 3.05) is 25.5 Å². The minimum Gasteiger partial charge on any atom is -0.508 e. The van der Waals surface area contributed by atoms with Crippen molar-refractivity contribution in [2.45, 2.75) is 6.42 Å². The summed E-state index contributed by atoms with van der Waals surface area (Å²) in [6, 6.07) is 11.4. The lowest BCUT2D eigenvalue weighted by Crippen LogP contribution is -2.38. The highest BCUT2D eigenvalue weighted by Gasteiger charge is 2.19. The maximum absolute atomic E-state index is 12.6. The number of urea groups is 1. The van der Waals surface area contributed by atoms with Crippen LogP contribution in [0, 0.1) is 0 Å². The van der Waals surface area contributed by atoms with Crippen molar-refractivity contribution in [2.24, 2.45) is 5.73 Å². The van der Waals surface area contributed by atoms with E-state index >= 15 is 0 Å². The maximum atomic E-state index is 12.6. The Hall–Kier alpha value is -3.48. The number of hydrogen-bond acceptors (Lipinski definition) is 4. The Kier molecular flexibility index (Phi) is 5.30. The Morgan fingerprint density at radius 3 is 2.52 bits per heavy atom. The molecule has 7 nitrogen and oxygen atoms in total. The lowest BCUT2D eigenvalue weighted by molar-refractivity contribution is 0.1000. The third-order valence-electron chi connectivity index (χ3n) is 4.46. The first kappa shape index (κ1) is 18.3. The Balaban J connectivity index is 1.70. The van der Waals surface area contributed by atoms with Crippen LogP contribution < -0.4 is 15.8 Å². The average molecular weight is 367 g/mol. The lowest BCUT2D eigenvalue weighted by Gasteiger charge is -2.27. The van der Waals surface area contributed by atoms with Gasteiger partial charge >= 0.3 is 6.03 Å². The molecule has 0 radical (unpaired) electrons. The maximum Gasteiger partial charge on any atom is 0.322 e. The molecule has 2 aromatic carbocycles. The summed E-state index contributed by atoms with van der Waals surface area (Å²) in [5.41, 5.74) is 8.15. The second-order valence-corrected chi connectivity index (χ2v) is 6.18. The number of nitrogens with two attached hydrogens (primary N) is 1. The molecule has 27 heavy (non-hydrogen) atoms. The average Bonchev–Trinajstić information content (AvgIpc) is 2.68. The van der Waals surface area contributed by atoms with E-state index in [2.05, 4.69) is 5.32 Å². The predicted molar refractivity (Wildman–Crippen MR) is 103 cm³/mol. The lowest BCUT2D eigenvalue weighted by atomic mass is 9.99. The third-order valence-corrected chi connectivity index (χ3v) is 4.46. The molecular formula is C20H21N3O4. The van der Waals surface area contributed by atoms with Crippen LogP contribution in [0.2, 0.25) is 0 Å². The summed E-state index contributed by atoms with van der Waals surface area (Å²) in [4.78, 5) is 25.6. The Morgan fingerprint density at radius 2 is 1.93 bits per heavy atom. The van der Waals surface area contributed by atoms with E-state index in [0.717, 1.165) is 11.1 Å². The van der Waals surface area contributed by atoms with E-state index < -0.39 is 5.91 Å². The number of phenols is 1. The van der Waals surface area contributed by atoms with Crippen LogP contribution in [-0.4, -0.2) is 42.1 Å². The SMILES string of the molecule is COc1ccc(C(N)=O)cc1NC(=O)N1CC=C(c2ccc(O)cc2)CC1. The minimum absolute atomic E-state index is 0.225. The summed E-state index contributed by atoms with van der Waals surface area (Å²) >= 11 is 0. The number of carbonyl (C=O) groups is 2. The molecule has 0 aromatic heterocycles. The van der Waals surface area contributed by atoms with Crippen LogP contribution in [0.3, 0.4) is 0 Å². The van der Waals surface area contributed by atoms with Crippen molar-refractivity contribution in [3.63, 3.8) is 0 Å². The quantitative estimate of drug-likeness (QED) is 0.773. The summed E-state index contributed by atoms with van der Waals surface area (Å²) in [6.07, 6.45) is 2.70. The number of nitrogens with one attached hydrogen (secondary N) is 1. The number of amides is 3. The van der Waals surface area contributed by atoms with Crippen molar-refractivity contribution in [3.05, 3.63) is 59.7 Å². The van der Waals surface area contributed by atoms with Crippen molar-refractivity contribution < 1.29 is 19.4 Å². The summed E-state index contributed by atoms with van der Waals surface area (Å²) in [5.74, 6) is 0.0987. The van der Waals surface area contributed by atoms with Crippen molar-refractivity contribution in [1.29, 1.82) is 0 Å². The van der Waals surface area contributed by atoms with Crippen molar-refractivity contribution in [1.82, 2.24) is 4.90 Å². The second kappa shape index (κ2) is 7.82. The summed E-state index contributed by atoms with van der Waals surface area (Å²) in [6.45, 7) is 1.01. The highest BCUT2D eigenvalue weighted by Crippen LogP contribution is 2.27. The van der Waals surface area contributed by atoms with E-state index in [-0.39, 0.29) is 11.8 Å². The zero-order chi connectivity index (χ0) is 19.4. The molecule has 7 heteroatoms. The number of methoxy groups -OCH3 is 1. The molecule has 4 N–H and O–H groups in total. The molecule has 1 aliphatic heterocycles. The van der Waals surface area contributed by atoms with Crippen LogP contribution in [0.25, 0.3) is 5.57 Å². The van der Waals surface area contributed by atoms with Gasteiger partial charge in [0.2, 0.25) is 5.91 Å². The topological polar surface area (TPSA) is 105 Å². The van der Waals surface area contributed by atoms with Crippen molar-refractivity contribution >= 4 is 23.2 Å². The molecule has 0 aliphatic carbocycles. The van der Waals surface area contributed by atoms with E-state index in [1.54, 1.807) is 29.2 Å².